The number of halogens is 1. The van der Waals surface area contributed by atoms with E-state index in [1.54, 1.807) is 0 Å². The van der Waals surface area contributed by atoms with Crippen LogP contribution in [0.15, 0.2) is 11.6 Å². The predicted molar refractivity (Wildman–Crippen MR) is 152 cm³/mol. The van der Waals surface area contributed by atoms with E-state index in [9.17, 15) is 20.0 Å². The van der Waals surface area contributed by atoms with Crippen molar-refractivity contribution in [3.8, 4) is 6.07 Å². The largest absolute Gasteiger partial charge is 0.391 e. The number of hydrogen-bond acceptors (Lipinski definition) is 4. The maximum atomic E-state index is 14.2. The molecule has 4 rings (SSSR count). The zero-order chi connectivity index (χ0) is 28.5. The van der Waals surface area contributed by atoms with Gasteiger partial charge in [-0.25, -0.2) is 0 Å². The summed E-state index contributed by atoms with van der Waals surface area (Å²) in [7, 11) is 0. The Morgan fingerprint density at radius 1 is 0.921 bits per heavy atom. The molecule has 0 radical (unpaired) electrons. The first kappa shape index (κ1) is 29.8. The summed E-state index contributed by atoms with van der Waals surface area (Å²) < 4.78 is 0. The minimum Gasteiger partial charge on any atom is -0.391 e. The van der Waals surface area contributed by atoms with Crippen molar-refractivity contribution in [2.75, 3.05) is 5.88 Å². The molecule has 3 saturated carbocycles. The van der Waals surface area contributed by atoms with Gasteiger partial charge in [-0.2, -0.15) is 5.26 Å². The van der Waals surface area contributed by atoms with Crippen LogP contribution in [0.3, 0.4) is 0 Å². The highest BCUT2D eigenvalue weighted by atomic mass is 35.5. The SMILES string of the molecule is CC1(C)CCC2C(=O)C[C@@H]3[C@@]4(C)C=C(C#N)C(=O)C(C)(C)[C@@H]4CC[C@@]3(C)[C@]2(C)CC[C@@](C)(C(O)CCl)CC1. The van der Waals surface area contributed by atoms with Crippen LogP contribution in [0.4, 0.5) is 0 Å². The molecular formula is C33H50ClNO3. The molecule has 4 aliphatic carbocycles. The third-order valence-corrected chi connectivity index (χ3v) is 13.3. The van der Waals surface area contributed by atoms with Gasteiger partial charge < -0.3 is 5.11 Å². The molecule has 38 heavy (non-hydrogen) atoms. The van der Waals surface area contributed by atoms with Crippen molar-refractivity contribution in [1.29, 1.82) is 5.26 Å². The molecule has 2 unspecified atom stereocenters. The van der Waals surface area contributed by atoms with Crippen molar-refractivity contribution < 1.29 is 14.7 Å². The first-order valence-corrected chi connectivity index (χ1v) is 15.4. The fourth-order valence-corrected chi connectivity index (χ4v) is 10.2. The highest BCUT2D eigenvalue weighted by Gasteiger charge is 2.68. The van der Waals surface area contributed by atoms with E-state index in [2.05, 4.69) is 47.6 Å². The molecule has 5 heteroatoms. The maximum absolute atomic E-state index is 14.2. The van der Waals surface area contributed by atoms with Gasteiger partial charge in [-0.05, 0) is 90.3 Å². The van der Waals surface area contributed by atoms with Crippen molar-refractivity contribution in [3.05, 3.63) is 11.6 Å². The Kier molecular flexibility index (Phi) is 7.40. The summed E-state index contributed by atoms with van der Waals surface area (Å²) in [5.41, 5.74) is -1.33. The Morgan fingerprint density at radius 3 is 2.16 bits per heavy atom. The molecule has 0 aliphatic heterocycles. The van der Waals surface area contributed by atoms with Crippen molar-refractivity contribution >= 4 is 23.2 Å². The number of alkyl halides is 1. The number of carbonyl (C=O) groups is 2. The molecule has 4 nitrogen and oxygen atoms in total. The van der Waals surface area contributed by atoms with E-state index in [0.717, 1.165) is 51.4 Å². The third kappa shape index (κ3) is 4.25. The molecule has 1 N–H and O–H groups in total. The molecule has 0 spiro atoms. The average molecular weight is 544 g/mol. The second kappa shape index (κ2) is 9.44. The second-order valence-corrected chi connectivity index (χ2v) is 16.1. The van der Waals surface area contributed by atoms with Crippen LogP contribution in [0.2, 0.25) is 0 Å². The molecule has 8 atom stereocenters. The predicted octanol–water partition coefficient (Wildman–Crippen LogP) is 7.67. The monoisotopic (exact) mass is 543 g/mol. The number of nitriles is 1. The number of aliphatic hydroxyl groups excluding tert-OH is 1. The van der Waals surface area contributed by atoms with Crippen molar-refractivity contribution in [1.82, 2.24) is 0 Å². The summed E-state index contributed by atoms with van der Waals surface area (Å²) in [6.45, 7) is 17.8. The Labute approximate surface area is 236 Å². The minimum atomic E-state index is -0.625. The number of aliphatic hydroxyl groups is 1. The van der Waals surface area contributed by atoms with Crippen LogP contribution < -0.4 is 0 Å². The van der Waals surface area contributed by atoms with Gasteiger partial charge in [-0.15, -0.1) is 11.6 Å². The topological polar surface area (TPSA) is 78.2 Å². The van der Waals surface area contributed by atoms with Crippen molar-refractivity contribution in [2.24, 2.45) is 50.2 Å². The van der Waals surface area contributed by atoms with Crippen molar-refractivity contribution in [2.45, 2.75) is 119 Å². The van der Waals surface area contributed by atoms with Gasteiger partial charge in [0.2, 0.25) is 0 Å². The Morgan fingerprint density at radius 2 is 1.55 bits per heavy atom. The average Bonchev–Trinajstić information content (AvgIpc) is 2.84. The first-order chi connectivity index (χ1) is 17.4. The molecule has 4 aliphatic rings. The van der Waals surface area contributed by atoms with Crippen LogP contribution in [-0.4, -0.2) is 28.7 Å². The van der Waals surface area contributed by atoms with Crippen LogP contribution in [0.25, 0.3) is 0 Å². The molecule has 0 amide bonds. The number of allylic oxidation sites excluding steroid dienone is 2. The molecular weight excluding hydrogens is 494 g/mol. The zero-order valence-electron chi connectivity index (χ0n) is 25.0. The van der Waals surface area contributed by atoms with Crippen molar-refractivity contribution in [3.63, 3.8) is 0 Å². The minimum absolute atomic E-state index is 0.0173. The van der Waals surface area contributed by atoms with E-state index >= 15 is 0 Å². The van der Waals surface area contributed by atoms with Gasteiger partial charge in [0.15, 0.2) is 5.78 Å². The fraction of sp³-hybridized carbons (Fsp3) is 0.848. The quantitative estimate of drug-likeness (QED) is 0.362. The van der Waals surface area contributed by atoms with Gasteiger partial charge in [0.25, 0.3) is 0 Å². The lowest BCUT2D eigenvalue weighted by molar-refractivity contribution is -0.192. The summed E-state index contributed by atoms with van der Waals surface area (Å²) >= 11 is 6.24. The third-order valence-electron chi connectivity index (χ3n) is 13.0. The normalized spacial score (nSPS) is 45.5. The summed E-state index contributed by atoms with van der Waals surface area (Å²) in [6, 6.07) is 2.21. The number of fused-ring (bicyclic) bond motifs is 5. The summed E-state index contributed by atoms with van der Waals surface area (Å²) in [4.78, 5) is 27.5. The highest BCUT2D eigenvalue weighted by Crippen LogP contribution is 2.72. The van der Waals surface area contributed by atoms with E-state index in [0.29, 0.717) is 12.2 Å². The van der Waals surface area contributed by atoms with E-state index < -0.39 is 16.9 Å². The lowest BCUT2D eigenvalue weighted by Gasteiger charge is -2.68. The van der Waals surface area contributed by atoms with Crippen LogP contribution in [-0.2, 0) is 9.59 Å². The van der Waals surface area contributed by atoms with E-state index in [1.165, 1.54) is 0 Å². The Balaban J connectivity index is 1.85. The number of rotatable bonds is 2. The molecule has 0 aromatic carbocycles. The van der Waals surface area contributed by atoms with Crippen LogP contribution in [0.1, 0.15) is 113 Å². The molecule has 212 valence electrons. The van der Waals surface area contributed by atoms with Gasteiger partial charge in [-0.3, -0.25) is 9.59 Å². The molecule has 0 aromatic rings. The van der Waals surface area contributed by atoms with Gasteiger partial charge in [0, 0.05) is 23.6 Å². The summed E-state index contributed by atoms with van der Waals surface area (Å²) in [5, 5.41) is 21.0. The standard InChI is InChI=1S/C33H50ClNO3/c1-28(2)11-9-22-23(36)17-25-31(6)18-21(20-35)27(38)29(3,4)24(31)10-12-33(25,8)32(22,7)16-15-30(5,14-13-28)26(37)19-34/h18,22,24-26,37H,9-17,19H2,1-8H3/t22?,24-,25+,26?,30-,31-,32+,33+/m0/s1. The Hall–Kier alpha value is -1.18. The molecule has 0 saturated heterocycles. The lowest BCUT2D eigenvalue weighted by Crippen LogP contribution is -2.65. The molecule has 0 bridgehead atoms. The number of ketones is 2. The van der Waals surface area contributed by atoms with Gasteiger partial charge in [-0.1, -0.05) is 61.5 Å². The van der Waals surface area contributed by atoms with Gasteiger partial charge >= 0.3 is 0 Å². The van der Waals surface area contributed by atoms with Gasteiger partial charge in [0.05, 0.1) is 11.7 Å². The maximum Gasteiger partial charge on any atom is 0.178 e. The van der Waals surface area contributed by atoms with Crippen LogP contribution >= 0.6 is 11.6 Å². The number of carbonyl (C=O) groups excluding carboxylic acids is 2. The van der Waals surface area contributed by atoms with Crippen LogP contribution in [0, 0.1) is 61.6 Å². The fourth-order valence-electron chi connectivity index (χ4n) is 9.80. The number of Topliss-reactive ketones (excluding diaryl/α,β-unsaturated/α-hetero) is 2. The highest BCUT2D eigenvalue weighted by molar-refractivity contribution is 6.18. The smallest absolute Gasteiger partial charge is 0.178 e. The molecule has 0 heterocycles. The number of nitrogens with zero attached hydrogens (tertiary/aromatic N) is 1. The Bertz CT molecular complexity index is 1070. The second-order valence-electron chi connectivity index (χ2n) is 15.8. The lowest BCUT2D eigenvalue weighted by atomic mass is 9.35. The molecule has 0 aromatic heterocycles. The molecule has 3 fully saturated rings. The first-order valence-electron chi connectivity index (χ1n) is 14.9. The zero-order valence-corrected chi connectivity index (χ0v) is 25.8. The van der Waals surface area contributed by atoms with E-state index in [-0.39, 0.29) is 56.7 Å². The van der Waals surface area contributed by atoms with Crippen LogP contribution in [0.5, 0.6) is 0 Å². The number of hydrogen-bond donors (Lipinski definition) is 1. The summed E-state index contributed by atoms with van der Waals surface area (Å²) in [5.74, 6) is 0.682. The summed E-state index contributed by atoms with van der Waals surface area (Å²) in [6.07, 6.45) is 9.35. The van der Waals surface area contributed by atoms with E-state index in [1.807, 2.05) is 19.9 Å². The van der Waals surface area contributed by atoms with E-state index in [4.69, 9.17) is 11.6 Å². The van der Waals surface area contributed by atoms with Gasteiger partial charge in [0.1, 0.15) is 11.9 Å².